The van der Waals surface area contributed by atoms with Gasteiger partial charge in [-0.15, -0.1) is 0 Å². The van der Waals surface area contributed by atoms with Gasteiger partial charge in [-0.2, -0.15) is 5.26 Å². The summed E-state index contributed by atoms with van der Waals surface area (Å²) in [6, 6.07) is 20.0. The first-order valence-electron chi connectivity index (χ1n) is 10.3. The molecule has 3 rings (SSSR count). The minimum absolute atomic E-state index is 0.191. The molecule has 174 valence electrons. The van der Waals surface area contributed by atoms with Gasteiger partial charge in [-0.05, 0) is 107 Å². The molecule has 0 unspecified atom stereocenters. The predicted molar refractivity (Wildman–Crippen MR) is 142 cm³/mol. The summed E-state index contributed by atoms with van der Waals surface area (Å²) in [6.45, 7) is 2.09. The molecule has 0 atom stereocenters. The second-order valence-electron chi connectivity index (χ2n) is 7.01. The molecule has 6 nitrogen and oxygen atoms in total. The first-order valence-corrected chi connectivity index (χ1v) is 11.8. The molecule has 0 fully saturated rings. The average molecular weight is 589 g/mol. The smallest absolute Gasteiger partial charge is 0.262 e. The Morgan fingerprint density at radius 2 is 1.82 bits per heavy atom. The van der Waals surface area contributed by atoms with Crippen LogP contribution in [0, 0.1) is 14.9 Å². The number of halogens is 2. The van der Waals surface area contributed by atoms with Crippen molar-refractivity contribution >= 4 is 57.4 Å². The third-order valence-electron chi connectivity index (χ3n) is 4.64. The minimum atomic E-state index is -0.309. The molecule has 0 radical (unpaired) electrons. The predicted octanol–water partition coefficient (Wildman–Crippen LogP) is 6.43. The number of methoxy groups -OCH3 is 1. The molecule has 0 saturated heterocycles. The van der Waals surface area contributed by atoms with Crippen LogP contribution in [-0.4, -0.2) is 26.2 Å². The molecule has 34 heavy (non-hydrogen) atoms. The number of allylic oxidation sites excluding steroid dienone is 1. The molecular formula is C26H22ClIN2O4. The van der Waals surface area contributed by atoms with Crippen molar-refractivity contribution in [1.82, 2.24) is 0 Å². The summed E-state index contributed by atoms with van der Waals surface area (Å²) < 4.78 is 17.5. The maximum Gasteiger partial charge on any atom is 0.262 e. The lowest BCUT2D eigenvalue weighted by Crippen LogP contribution is -2.20. The van der Waals surface area contributed by atoms with Crippen molar-refractivity contribution in [3.05, 3.63) is 80.4 Å². The van der Waals surface area contributed by atoms with Gasteiger partial charge >= 0.3 is 0 Å². The van der Waals surface area contributed by atoms with Crippen LogP contribution in [0.2, 0.25) is 5.02 Å². The summed E-state index contributed by atoms with van der Waals surface area (Å²) in [6.07, 6.45) is 1.78. The summed E-state index contributed by atoms with van der Waals surface area (Å²) in [5, 5.41) is 13.0. The Balaban J connectivity index is 1.80. The first kappa shape index (κ1) is 25.4. The number of nitrogens with one attached hydrogen (secondary N) is 1. The second-order valence-corrected chi connectivity index (χ2v) is 8.60. The molecule has 3 aromatic carbocycles. The van der Waals surface area contributed by atoms with E-state index in [1.807, 2.05) is 37.3 Å². The largest absolute Gasteiger partial charge is 0.497 e. The van der Waals surface area contributed by atoms with Crippen LogP contribution in [0.4, 0.5) is 5.69 Å². The molecule has 0 spiro atoms. The lowest BCUT2D eigenvalue weighted by Gasteiger charge is -2.15. The van der Waals surface area contributed by atoms with E-state index in [-0.39, 0.29) is 12.5 Å². The first-order chi connectivity index (χ1) is 16.4. The molecule has 0 aliphatic rings. The number of hydrogen-bond donors (Lipinski definition) is 1. The van der Waals surface area contributed by atoms with Gasteiger partial charge in [-0.1, -0.05) is 11.6 Å². The van der Waals surface area contributed by atoms with E-state index in [1.165, 1.54) is 0 Å². The van der Waals surface area contributed by atoms with Crippen LogP contribution in [0.25, 0.3) is 11.6 Å². The normalized spacial score (nSPS) is 10.9. The van der Waals surface area contributed by atoms with Crippen molar-refractivity contribution in [2.75, 3.05) is 25.6 Å². The van der Waals surface area contributed by atoms with Crippen molar-refractivity contribution in [2.45, 2.75) is 6.92 Å². The molecule has 1 N–H and O–H groups in total. The van der Waals surface area contributed by atoms with Crippen LogP contribution in [-0.2, 0) is 4.79 Å². The lowest BCUT2D eigenvalue weighted by atomic mass is 10.0. The third-order valence-corrected chi connectivity index (χ3v) is 5.69. The molecule has 0 aliphatic carbocycles. The number of carbonyl (C=O) groups is 1. The van der Waals surface area contributed by atoms with Crippen molar-refractivity contribution in [3.63, 3.8) is 0 Å². The Bertz CT molecular complexity index is 1220. The Morgan fingerprint density at radius 3 is 2.44 bits per heavy atom. The van der Waals surface area contributed by atoms with E-state index in [1.54, 1.807) is 43.5 Å². The molecule has 1 amide bonds. The number of rotatable bonds is 9. The maximum absolute atomic E-state index is 12.3. The summed E-state index contributed by atoms with van der Waals surface area (Å²) in [5.74, 6) is 1.37. The zero-order valence-corrected chi connectivity index (χ0v) is 21.5. The summed E-state index contributed by atoms with van der Waals surface area (Å²) in [7, 11) is 1.60. The number of anilines is 1. The topological polar surface area (TPSA) is 80.6 Å². The van der Waals surface area contributed by atoms with Crippen molar-refractivity contribution in [1.29, 1.82) is 5.26 Å². The van der Waals surface area contributed by atoms with Gasteiger partial charge in [0.25, 0.3) is 5.91 Å². The van der Waals surface area contributed by atoms with E-state index < -0.39 is 0 Å². The number of nitrogens with zero attached hydrogens (tertiary/aromatic N) is 1. The summed E-state index contributed by atoms with van der Waals surface area (Å²) in [5.41, 5.74) is 2.67. The molecule has 0 saturated carbocycles. The van der Waals surface area contributed by atoms with Gasteiger partial charge in [0.05, 0.1) is 28.9 Å². The molecule has 0 bridgehead atoms. The number of amides is 1. The SMILES string of the molecule is CCOc1cc(/C=C(\C#N)c2ccc(OC)cc2)cc(I)c1OCC(=O)Nc1ccc(Cl)cc1. The molecule has 0 aromatic heterocycles. The Labute approximate surface area is 217 Å². The monoisotopic (exact) mass is 588 g/mol. The van der Waals surface area contributed by atoms with Crippen LogP contribution in [0.15, 0.2) is 60.7 Å². The van der Waals surface area contributed by atoms with E-state index in [4.69, 9.17) is 25.8 Å². The molecule has 0 heterocycles. The third kappa shape index (κ3) is 6.89. The zero-order chi connectivity index (χ0) is 24.5. The highest BCUT2D eigenvalue weighted by Crippen LogP contribution is 2.35. The van der Waals surface area contributed by atoms with Crippen molar-refractivity contribution in [3.8, 4) is 23.3 Å². The van der Waals surface area contributed by atoms with Gasteiger partial charge in [0.1, 0.15) is 5.75 Å². The van der Waals surface area contributed by atoms with Crippen LogP contribution in [0.5, 0.6) is 17.2 Å². The summed E-state index contributed by atoms with van der Waals surface area (Å²) >= 11 is 8.00. The highest BCUT2D eigenvalue weighted by atomic mass is 127. The van der Waals surface area contributed by atoms with Gasteiger partial charge in [0, 0.05) is 10.7 Å². The number of nitriles is 1. The lowest BCUT2D eigenvalue weighted by molar-refractivity contribution is -0.118. The van der Waals surface area contributed by atoms with Crippen LogP contribution in [0.3, 0.4) is 0 Å². The fraction of sp³-hybridized carbons (Fsp3) is 0.154. The number of hydrogen-bond acceptors (Lipinski definition) is 5. The van der Waals surface area contributed by atoms with Gasteiger partial charge < -0.3 is 19.5 Å². The second kappa shape index (κ2) is 12.3. The molecule has 0 aliphatic heterocycles. The van der Waals surface area contributed by atoms with Gasteiger partial charge in [0.15, 0.2) is 18.1 Å². The number of carbonyl (C=O) groups excluding carboxylic acids is 1. The molecule has 3 aromatic rings. The quantitative estimate of drug-likeness (QED) is 0.177. The van der Waals surface area contributed by atoms with E-state index in [9.17, 15) is 10.1 Å². The molecular weight excluding hydrogens is 567 g/mol. The van der Waals surface area contributed by atoms with E-state index in [0.29, 0.717) is 34.4 Å². The van der Waals surface area contributed by atoms with E-state index in [2.05, 4.69) is 34.0 Å². The van der Waals surface area contributed by atoms with Crippen molar-refractivity contribution in [2.24, 2.45) is 0 Å². The van der Waals surface area contributed by atoms with Crippen LogP contribution >= 0.6 is 34.2 Å². The van der Waals surface area contributed by atoms with Crippen LogP contribution < -0.4 is 19.5 Å². The zero-order valence-electron chi connectivity index (χ0n) is 18.6. The Morgan fingerprint density at radius 1 is 1.12 bits per heavy atom. The number of ether oxygens (including phenoxy) is 3. The minimum Gasteiger partial charge on any atom is -0.497 e. The Kier molecular flexibility index (Phi) is 9.19. The average Bonchev–Trinajstić information content (AvgIpc) is 2.84. The summed E-state index contributed by atoms with van der Waals surface area (Å²) in [4.78, 5) is 12.3. The van der Waals surface area contributed by atoms with Crippen molar-refractivity contribution < 1.29 is 19.0 Å². The molecule has 8 heteroatoms. The van der Waals surface area contributed by atoms with Gasteiger partial charge in [-0.25, -0.2) is 0 Å². The van der Waals surface area contributed by atoms with Crippen LogP contribution in [0.1, 0.15) is 18.1 Å². The van der Waals surface area contributed by atoms with E-state index >= 15 is 0 Å². The Hall–Kier alpha value is -3.22. The maximum atomic E-state index is 12.3. The van der Waals surface area contributed by atoms with Gasteiger partial charge in [0.2, 0.25) is 0 Å². The van der Waals surface area contributed by atoms with Gasteiger partial charge in [-0.3, -0.25) is 4.79 Å². The van der Waals surface area contributed by atoms with E-state index in [0.717, 1.165) is 20.4 Å². The standard InChI is InChI=1S/C26H22ClIN2O4/c1-3-33-24-14-17(12-19(15-29)18-4-10-22(32-2)11-5-18)13-23(28)26(24)34-16-25(31)30-21-8-6-20(27)7-9-21/h4-14H,3,16H2,1-2H3,(H,30,31)/b19-12+. The fourth-order valence-corrected chi connectivity index (χ4v) is 3.97. The highest BCUT2D eigenvalue weighted by molar-refractivity contribution is 14.1. The fourth-order valence-electron chi connectivity index (χ4n) is 3.06. The highest BCUT2D eigenvalue weighted by Gasteiger charge is 2.14. The number of benzene rings is 3.